The van der Waals surface area contributed by atoms with E-state index in [2.05, 4.69) is 4.90 Å². The fourth-order valence-electron chi connectivity index (χ4n) is 4.09. The van der Waals surface area contributed by atoms with E-state index >= 15 is 0 Å². The Morgan fingerprint density at radius 3 is 2.13 bits per heavy atom. The second kappa shape index (κ2) is 3.74. The van der Waals surface area contributed by atoms with Gasteiger partial charge < -0.3 is 10.6 Å². The van der Waals surface area contributed by atoms with Crippen LogP contribution in [-0.2, 0) is 0 Å². The van der Waals surface area contributed by atoms with Crippen molar-refractivity contribution in [3.05, 3.63) is 0 Å². The molecule has 2 saturated carbocycles. The molecule has 0 unspecified atom stereocenters. The topological polar surface area (TPSA) is 29.3 Å². The molecule has 0 aromatic heterocycles. The smallest absolute Gasteiger partial charge is 0.00952 e. The summed E-state index contributed by atoms with van der Waals surface area (Å²) in [7, 11) is 0. The fraction of sp³-hybridized carbons (Fsp3) is 1.00. The van der Waals surface area contributed by atoms with Crippen molar-refractivity contribution in [2.45, 2.75) is 63.5 Å². The first-order chi connectivity index (χ1) is 7.27. The summed E-state index contributed by atoms with van der Waals surface area (Å²) in [6.45, 7) is 2.72. The molecule has 0 aromatic rings. The van der Waals surface area contributed by atoms with E-state index in [0.29, 0.717) is 11.5 Å². The van der Waals surface area contributed by atoms with Gasteiger partial charge in [-0.25, -0.2) is 0 Å². The van der Waals surface area contributed by atoms with E-state index in [0.717, 1.165) is 6.04 Å². The minimum atomic E-state index is 0.531. The van der Waals surface area contributed by atoms with Crippen LogP contribution in [0.5, 0.6) is 0 Å². The number of piperidine rings is 1. The molecular formula is C13H24N2. The number of nitrogens with two attached hydrogens (primary N) is 1. The molecule has 0 atom stereocenters. The van der Waals surface area contributed by atoms with Crippen molar-refractivity contribution in [3.63, 3.8) is 0 Å². The van der Waals surface area contributed by atoms with E-state index < -0.39 is 0 Å². The maximum absolute atomic E-state index is 5.93. The Kier molecular flexibility index (Phi) is 2.52. The van der Waals surface area contributed by atoms with Gasteiger partial charge in [-0.1, -0.05) is 12.8 Å². The van der Waals surface area contributed by atoms with Crippen LogP contribution in [0.1, 0.15) is 51.4 Å². The molecule has 1 spiro atoms. The molecule has 0 bridgehead atoms. The van der Waals surface area contributed by atoms with Gasteiger partial charge in [-0.05, 0) is 57.0 Å². The van der Waals surface area contributed by atoms with Gasteiger partial charge in [-0.2, -0.15) is 0 Å². The lowest BCUT2D eigenvalue weighted by atomic mass is 9.60. The van der Waals surface area contributed by atoms with Gasteiger partial charge in [-0.3, -0.25) is 0 Å². The Balaban J connectivity index is 1.52. The van der Waals surface area contributed by atoms with Crippen LogP contribution in [0.3, 0.4) is 0 Å². The van der Waals surface area contributed by atoms with Gasteiger partial charge in [0.2, 0.25) is 0 Å². The van der Waals surface area contributed by atoms with Crippen LogP contribution >= 0.6 is 0 Å². The molecule has 3 aliphatic rings. The van der Waals surface area contributed by atoms with E-state index in [9.17, 15) is 0 Å². The van der Waals surface area contributed by atoms with Crippen LogP contribution in [-0.4, -0.2) is 30.1 Å². The minimum absolute atomic E-state index is 0.531. The molecule has 1 saturated heterocycles. The highest BCUT2D eigenvalue weighted by Crippen LogP contribution is 2.48. The van der Waals surface area contributed by atoms with Crippen LogP contribution in [0.25, 0.3) is 0 Å². The Bertz CT molecular complexity index is 217. The van der Waals surface area contributed by atoms with Crippen LogP contribution in [0.15, 0.2) is 0 Å². The molecule has 1 heterocycles. The summed E-state index contributed by atoms with van der Waals surface area (Å²) in [4.78, 5) is 2.77. The molecule has 0 amide bonds. The molecule has 15 heavy (non-hydrogen) atoms. The summed E-state index contributed by atoms with van der Waals surface area (Å²) in [5.41, 5.74) is 6.62. The molecule has 2 N–H and O–H groups in total. The standard InChI is InChI=1S/C13H24N2/c14-11-9-13(10-11)5-7-15(8-6-13)12-3-1-2-4-12/h11-12H,1-10,14H2. The molecule has 2 heteroatoms. The highest BCUT2D eigenvalue weighted by molar-refractivity contribution is 4.99. The lowest BCUT2D eigenvalue weighted by molar-refractivity contribution is 0.00403. The highest BCUT2D eigenvalue weighted by Gasteiger charge is 2.44. The zero-order valence-electron chi connectivity index (χ0n) is 9.75. The maximum Gasteiger partial charge on any atom is 0.00952 e. The van der Waals surface area contributed by atoms with Gasteiger partial charge in [0, 0.05) is 12.1 Å². The number of hydrogen-bond donors (Lipinski definition) is 1. The van der Waals surface area contributed by atoms with E-state index in [1.165, 1.54) is 64.5 Å². The molecule has 0 radical (unpaired) electrons. The second-order valence-corrected chi connectivity index (χ2v) is 6.14. The first kappa shape index (κ1) is 10.1. The van der Waals surface area contributed by atoms with Crippen molar-refractivity contribution < 1.29 is 0 Å². The predicted molar refractivity (Wildman–Crippen MR) is 62.7 cm³/mol. The molecule has 3 rings (SSSR count). The first-order valence-corrected chi connectivity index (χ1v) is 6.77. The lowest BCUT2D eigenvalue weighted by Gasteiger charge is -2.52. The third kappa shape index (κ3) is 1.83. The molecule has 2 nitrogen and oxygen atoms in total. The molecule has 2 aliphatic carbocycles. The summed E-state index contributed by atoms with van der Waals surface area (Å²) in [5.74, 6) is 0. The molecule has 1 aliphatic heterocycles. The Morgan fingerprint density at radius 2 is 1.60 bits per heavy atom. The average Bonchev–Trinajstić information content (AvgIpc) is 2.70. The quantitative estimate of drug-likeness (QED) is 0.715. The number of nitrogens with zero attached hydrogens (tertiary/aromatic N) is 1. The zero-order valence-corrected chi connectivity index (χ0v) is 9.75. The van der Waals surface area contributed by atoms with Crippen LogP contribution < -0.4 is 5.73 Å². The van der Waals surface area contributed by atoms with Crippen LogP contribution in [0.2, 0.25) is 0 Å². The van der Waals surface area contributed by atoms with E-state index in [-0.39, 0.29) is 0 Å². The Hall–Kier alpha value is -0.0800. The summed E-state index contributed by atoms with van der Waals surface area (Å²) in [5, 5.41) is 0. The van der Waals surface area contributed by atoms with Gasteiger partial charge in [0.05, 0.1) is 0 Å². The number of hydrogen-bond acceptors (Lipinski definition) is 2. The van der Waals surface area contributed by atoms with Gasteiger partial charge in [-0.15, -0.1) is 0 Å². The molecule has 86 valence electrons. The fourth-order valence-corrected chi connectivity index (χ4v) is 4.09. The average molecular weight is 208 g/mol. The Morgan fingerprint density at radius 1 is 1.00 bits per heavy atom. The summed E-state index contributed by atoms with van der Waals surface area (Å²) >= 11 is 0. The van der Waals surface area contributed by atoms with Crippen molar-refractivity contribution in [2.75, 3.05) is 13.1 Å². The first-order valence-electron chi connectivity index (χ1n) is 6.77. The Labute approximate surface area is 93.2 Å². The summed E-state index contributed by atoms with van der Waals surface area (Å²) in [6.07, 6.45) is 11.3. The van der Waals surface area contributed by atoms with Crippen LogP contribution in [0.4, 0.5) is 0 Å². The zero-order chi connectivity index (χ0) is 10.3. The van der Waals surface area contributed by atoms with E-state index in [1.54, 1.807) is 0 Å². The summed E-state index contributed by atoms with van der Waals surface area (Å²) in [6, 6.07) is 1.47. The highest BCUT2D eigenvalue weighted by atomic mass is 15.2. The molecular weight excluding hydrogens is 184 g/mol. The van der Waals surface area contributed by atoms with Gasteiger partial charge in [0.1, 0.15) is 0 Å². The van der Waals surface area contributed by atoms with Crippen molar-refractivity contribution in [1.29, 1.82) is 0 Å². The largest absolute Gasteiger partial charge is 0.328 e. The third-order valence-corrected chi connectivity index (χ3v) is 5.09. The van der Waals surface area contributed by atoms with Crippen molar-refractivity contribution in [1.82, 2.24) is 4.90 Å². The normalized spacial score (nSPS) is 33.4. The van der Waals surface area contributed by atoms with Crippen molar-refractivity contribution >= 4 is 0 Å². The number of likely N-dealkylation sites (tertiary alicyclic amines) is 1. The van der Waals surface area contributed by atoms with E-state index in [4.69, 9.17) is 5.73 Å². The third-order valence-electron chi connectivity index (χ3n) is 5.09. The van der Waals surface area contributed by atoms with Gasteiger partial charge >= 0.3 is 0 Å². The predicted octanol–water partition coefficient (Wildman–Crippen LogP) is 2.13. The maximum atomic E-state index is 5.93. The lowest BCUT2D eigenvalue weighted by Crippen LogP contribution is -2.53. The second-order valence-electron chi connectivity index (χ2n) is 6.14. The van der Waals surface area contributed by atoms with Gasteiger partial charge in [0.15, 0.2) is 0 Å². The van der Waals surface area contributed by atoms with Gasteiger partial charge in [0.25, 0.3) is 0 Å². The monoisotopic (exact) mass is 208 g/mol. The summed E-state index contributed by atoms with van der Waals surface area (Å²) < 4.78 is 0. The van der Waals surface area contributed by atoms with Crippen molar-refractivity contribution in [2.24, 2.45) is 11.1 Å². The van der Waals surface area contributed by atoms with Crippen LogP contribution in [0, 0.1) is 5.41 Å². The number of rotatable bonds is 1. The molecule has 0 aromatic carbocycles. The van der Waals surface area contributed by atoms with Crippen molar-refractivity contribution in [3.8, 4) is 0 Å². The SMILES string of the molecule is NC1CC2(CCN(C3CCCC3)CC2)C1. The minimum Gasteiger partial charge on any atom is -0.328 e. The molecule has 3 fully saturated rings. The van der Waals surface area contributed by atoms with E-state index in [1.807, 2.05) is 0 Å².